The van der Waals surface area contributed by atoms with Crippen LogP contribution in [0, 0.1) is 0 Å². The molecule has 0 unspecified atom stereocenters. The molecule has 0 atom stereocenters. The van der Waals surface area contributed by atoms with Crippen molar-refractivity contribution in [2.24, 2.45) is 0 Å². The normalized spacial score (nSPS) is 10.7. The van der Waals surface area contributed by atoms with Crippen molar-refractivity contribution >= 4 is 22.5 Å². The van der Waals surface area contributed by atoms with Gasteiger partial charge in [-0.15, -0.1) is 0 Å². The molecule has 0 radical (unpaired) electrons. The number of nitrogens with one attached hydrogen (secondary N) is 1. The van der Waals surface area contributed by atoms with Crippen LogP contribution in [0.1, 0.15) is 6.42 Å². The molecule has 2 N–H and O–H groups in total. The number of anilines is 1. The average Bonchev–Trinajstić information content (AvgIpc) is 3.03. The van der Waals surface area contributed by atoms with Crippen molar-refractivity contribution in [2.75, 3.05) is 18.5 Å². The number of aromatic nitrogens is 1. The summed E-state index contributed by atoms with van der Waals surface area (Å²) in [7, 11) is 0. The molecule has 1 amide bonds. The fraction of sp³-hybridized carbons (Fsp3) is 0.211. The van der Waals surface area contributed by atoms with Gasteiger partial charge in [0.2, 0.25) is 5.91 Å². The second-order valence-electron chi connectivity index (χ2n) is 5.46. The van der Waals surface area contributed by atoms with E-state index in [9.17, 15) is 4.79 Å². The molecule has 0 fully saturated rings. The number of aryl methyl sites for hydroxylation is 1. The van der Waals surface area contributed by atoms with Crippen molar-refractivity contribution in [3.63, 3.8) is 0 Å². The number of ether oxygens (including phenoxy) is 1. The minimum Gasteiger partial charge on any atom is -0.491 e. The van der Waals surface area contributed by atoms with Crippen molar-refractivity contribution in [1.29, 1.82) is 0 Å². The van der Waals surface area contributed by atoms with E-state index >= 15 is 0 Å². The molecule has 24 heavy (non-hydrogen) atoms. The van der Waals surface area contributed by atoms with Gasteiger partial charge in [0.05, 0.1) is 6.61 Å². The van der Waals surface area contributed by atoms with Crippen molar-refractivity contribution in [2.45, 2.75) is 13.0 Å². The first-order valence-electron chi connectivity index (χ1n) is 7.94. The van der Waals surface area contributed by atoms with E-state index in [-0.39, 0.29) is 19.1 Å². The highest BCUT2D eigenvalue weighted by atomic mass is 16.5. The molecule has 0 spiro atoms. The van der Waals surface area contributed by atoms with Gasteiger partial charge in [0, 0.05) is 30.4 Å². The Balaban J connectivity index is 1.54. The maximum absolute atomic E-state index is 12.1. The number of carbonyl (C=O) groups is 1. The van der Waals surface area contributed by atoms with Crippen LogP contribution in [0.4, 0.5) is 5.69 Å². The minimum absolute atomic E-state index is 0.0213. The van der Waals surface area contributed by atoms with Crippen LogP contribution in [0.2, 0.25) is 0 Å². The third kappa shape index (κ3) is 3.94. The van der Waals surface area contributed by atoms with Gasteiger partial charge in [0.25, 0.3) is 0 Å². The van der Waals surface area contributed by atoms with Crippen molar-refractivity contribution in [3.8, 4) is 5.75 Å². The first kappa shape index (κ1) is 16.1. The highest BCUT2D eigenvalue weighted by Gasteiger charge is 2.05. The van der Waals surface area contributed by atoms with Crippen LogP contribution in [0.5, 0.6) is 5.75 Å². The van der Waals surface area contributed by atoms with Gasteiger partial charge in [-0.1, -0.05) is 18.2 Å². The maximum Gasteiger partial charge on any atom is 0.226 e. The number of amides is 1. The van der Waals surface area contributed by atoms with E-state index < -0.39 is 0 Å². The van der Waals surface area contributed by atoms with Gasteiger partial charge >= 0.3 is 0 Å². The summed E-state index contributed by atoms with van der Waals surface area (Å²) in [5, 5.41) is 12.8. The zero-order valence-corrected chi connectivity index (χ0v) is 13.3. The Hall–Kier alpha value is -2.79. The van der Waals surface area contributed by atoms with Gasteiger partial charge in [-0.3, -0.25) is 4.79 Å². The molecule has 0 aliphatic rings. The number of aliphatic hydroxyl groups excluding tert-OH is 1. The van der Waals surface area contributed by atoms with Crippen LogP contribution >= 0.6 is 0 Å². The highest BCUT2D eigenvalue weighted by Crippen LogP contribution is 2.17. The van der Waals surface area contributed by atoms with Gasteiger partial charge in [0.1, 0.15) is 12.4 Å². The zero-order chi connectivity index (χ0) is 16.8. The molecule has 0 aliphatic carbocycles. The number of rotatable bonds is 7. The lowest BCUT2D eigenvalue weighted by Gasteiger charge is -2.08. The van der Waals surface area contributed by atoms with Crippen LogP contribution in [-0.2, 0) is 11.3 Å². The SMILES string of the molecule is O=C(CCn1ccc2ccccc21)Nc1ccc(OCCO)cc1. The zero-order valence-electron chi connectivity index (χ0n) is 13.3. The minimum atomic E-state index is -0.0307. The molecule has 0 bridgehead atoms. The van der Waals surface area contributed by atoms with Crippen molar-refractivity contribution in [1.82, 2.24) is 4.57 Å². The summed E-state index contributed by atoms with van der Waals surface area (Å²) in [6, 6.07) is 17.3. The summed E-state index contributed by atoms with van der Waals surface area (Å²) in [6.07, 6.45) is 2.41. The summed E-state index contributed by atoms with van der Waals surface area (Å²) in [6.45, 7) is 0.875. The van der Waals surface area contributed by atoms with Crippen LogP contribution < -0.4 is 10.1 Å². The van der Waals surface area contributed by atoms with Crippen LogP contribution in [0.15, 0.2) is 60.8 Å². The van der Waals surface area contributed by atoms with E-state index in [0.29, 0.717) is 18.7 Å². The molecule has 0 aliphatic heterocycles. The molecular formula is C19H20N2O3. The van der Waals surface area contributed by atoms with Gasteiger partial charge in [-0.05, 0) is 41.8 Å². The molecule has 3 rings (SSSR count). The molecule has 5 heteroatoms. The number of para-hydroxylation sites is 1. The number of benzene rings is 2. The molecule has 1 aromatic heterocycles. The van der Waals surface area contributed by atoms with E-state index in [2.05, 4.69) is 28.1 Å². The summed E-state index contributed by atoms with van der Waals surface area (Å²) in [5.41, 5.74) is 1.87. The number of aliphatic hydroxyl groups is 1. The Morgan fingerprint density at radius 1 is 1.08 bits per heavy atom. The largest absolute Gasteiger partial charge is 0.491 e. The monoisotopic (exact) mass is 324 g/mol. The molecule has 0 saturated heterocycles. The van der Waals surface area contributed by atoms with Crippen molar-refractivity contribution < 1.29 is 14.6 Å². The van der Waals surface area contributed by atoms with Gasteiger partial charge in [0.15, 0.2) is 0 Å². The van der Waals surface area contributed by atoms with Gasteiger partial charge in [-0.2, -0.15) is 0 Å². The Kier molecular flexibility index (Phi) is 5.13. The number of hydrogen-bond donors (Lipinski definition) is 2. The predicted octanol–water partition coefficient (Wildman–Crippen LogP) is 3.04. The quantitative estimate of drug-likeness (QED) is 0.702. The Bertz CT molecular complexity index is 809. The molecule has 0 saturated carbocycles. The van der Waals surface area contributed by atoms with E-state index in [0.717, 1.165) is 11.2 Å². The smallest absolute Gasteiger partial charge is 0.226 e. The number of fused-ring (bicyclic) bond motifs is 1. The topological polar surface area (TPSA) is 63.5 Å². The molecular weight excluding hydrogens is 304 g/mol. The molecule has 1 heterocycles. The molecule has 2 aromatic carbocycles. The van der Waals surface area contributed by atoms with E-state index in [4.69, 9.17) is 9.84 Å². The summed E-state index contributed by atoms with van der Waals surface area (Å²) in [4.78, 5) is 12.1. The fourth-order valence-electron chi connectivity index (χ4n) is 2.58. The maximum atomic E-state index is 12.1. The van der Waals surface area contributed by atoms with Crippen molar-refractivity contribution in [3.05, 3.63) is 60.8 Å². The Labute approximate surface area is 140 Å². The Morgan fingerprint density at radius 3 is 2.67 bits per heavy atom. The van der Waals surface area contributed by atoms with E-state index in [1.54, 1.807) is 24.3 Å². The number of nitrogens with zero attached hydrogens (tertiary/aromatic N) is 1. The first-order valence-corrected chi connectivity index (χ1v) is 7.94. The molecule has 3 aromatic rings. The predicted molar refractivity (Wildman–Crippen MR) is 94.2 cm³/mol. The standard InChI is InChI=1S/C19H20N2O3/c22-13-14-24-17-7-5-16(6-8-17)20-19(23)10-12-21-11-9-15-3-1-2-4-18(15)21/h1-9,11,22H,10,12-14H2,(H,20,23). The van der Waals surface area contributed by atoms with Crippen LogP contribution in [0.25, 0.3) is 10.9 Å². The molecule has 5 nitrogen and oxygen atoms in total. The van der Waals surface area contributed by atoms with Gasteiger partial charge in [-0.25, -0.2) is 0 Å². The third-order valence-electron chi connectivity index (χ3n) is 3.76. The van der Waals surface area contributed by atoms with Crippen LogP contribution in [0.3, 0.4) is 0 Å². The highest BCUT2D eigenvalue weighted by molar-refractivity contribution is 5.90. The average molecular weight is 324 g/mol. The lowest BCUT2D eigenvalue weighted by atomic mass is 10.2. The van der Waals surface area contributed by atoms with Crippen LogP contribution in [-0.4, -0.2) is 28.8 Å². The molecule has 124 valence electrons. The summed E-state index contributed by atoms with van der Waals surface area (Å²) >= 11 is 0. The third-order valence-corrected chi connectivity index (χ3v) is 3.76. The second kappa shape index (κ2) is 7.66. The lowest BCUT2D eigenvalue weighted by Crippen LogP contribution is -2.14. The second-order valence-corrected chi connectivity index (χ2v) is 5.46. The van der Waals surface area contributed by atoms with E-state index in [1.165, 1.54) is 5.39 Å². The first-order chi connectivity index (χ1) is 11.8. The fourth-order valence-corrected chi connectivity index (χ4v) is 2.58. The van der Waals surface area contributed by atoms with Gasteiger partial charge < -0.3 is 19.7 Å². The van der Waals surface area contributed by atoms with E-state index in [1.807, 2.05) is 18.3 Å². The lowest BCUT2D eigenvalue weighted by molar-refractivity contribution is -0.116. The Morgan fingerprint density at radius 2 is 1.88 bits per heavy atom. The summed E-state index contributed by atoms with van der Waals surface area (Å²) in [5.74, 6) is 0.637. The number of hydrogen-bond acceptors (Lipinski definition) is 3. The summed E-state index contributed by atoms with van der Waals surface area (Å²) < 4.78 is 7.37. The number of carbonyl (C=O) groups excluding carboxylic acids is 1.